The van der Waals surface area contributed by atoms with Crippen molar-refractivity contribution in [2.45, 2.75) is 37.9 Å². The van der Waals surface area contributed by atoms with Crippen LogP contribution in [0.4, 0.5) is 13.2 Å². The highest BCUT2D eigenvalue weighted by molar-refractivity contribution is 5.95. The summed E-state index contributed by atoms with van der Waals surface area (Å²) < 4.78 is 38.8. The zero-order chi connectivity index (χ0) is 15.8. The number of nitrogens with two attached hydrogens (primary N) is 1. The lowest BCUT2D eigenvalue weighted by molar-refractivity contribution is -0.138. The number of hydrogen-bond donors (Lipinski definition) is 1. The van der Waals surface area contributed by atoms with Crippen LogP contribution in [0.5, 0.6) is 0 Å². The second-order valence-corrected chi connectivity index (χ2v) is 5.67. The molecule has 21 heavy (non-hydrogen) atoms. The Kier molecular flexibility index (Phi) is 4.02. The minimum atomic E-state index is -4.46. The zero-order valence-electron chi connectivity index (χ0n) is 12.1. The minimum Gasteiger partial charge on any atom is -0.335 e. The molecule has 1 aromatic rings. The Labute approximate surface area is 121 Å². The Hall–Kier alpha value is -1.56. The summed E-state index contributed by atoms with van der Waals surface area (Å²) in [6, 6.07) is 3.70. The van der Waals surface area contributed by atoms with Crippen molar-refractivity contribution >= 4 is 5.91 Å². The molecule has 0 radical (unpaired) electrons. The van der Waals surface area contributed by atoms with Crippen molar-refractivity contribution in [1.29, 1.82) is 0 Å². The lowest BCUT2D eigenvalue weighted by Gasteiger charge is -2.48. The molecule has 1 amide bonds. The number of aryl methyl sites for hydroxylation is 1. The van der Waals surface area contributed by atoms with E-state index in [2.05, 4.69) is 0 Å². The van der Waals surface area contributed by atoms with E-state index in [0.717, 1.165) is 25.3 Å². The molecule has 2 rings (SSSR count). The molecule has 0 aromatic heterocycles. The van der Waals surface area contributed by atoms with Crippen LogP contribution in [0, 0.1) is 6.92 Å². The lowest BCUT2D eigenvalue weighted by atomic mass is 9.75. The van der Waals surface area contributed by atoms with Crippen LogP contribution in [0.1, 0.15) is 40.7 Å². The van der Waals surface area contributed by atoms with Gasteiger partial charge in [-0.15, -0.1) is 0 Å². The summed E-state index contributed by atoms with van der Waals surface area (Å²) in [4.78, 5) is 13.9. The highest BCUT2D eigenvalue weighted by atomic mass is 19.4. The van der Waals surface area contributed by atoms with Gasteiger partial charge in [-0.1, -0.05) is 6.07 Å². The van der Waals surface area contributed by atoms with Crippen LogP contribution < -0.4 is 5.73 Å². The number of hydrogen-bond acceptors (Lipinski definition) is 2. The van der Waals surface area contributed by atoms with Crippen LogP contribution in [-0.2, 0) is 6.18 Å². The van der Waals surface area contributed by atoms with Gasteiger partial charge < -0.3 is 10.6 Å². The molecule has 3 nitrogen and oxygen atoms in total. The summed E-state index contributed by atoms with van der Waals surface area (Å²) in [5.74, 6) is -0.411. The third kappa shape index (κ3) is 2.77. The van der Waals surface area contributed by atoms with Crippen molar-refractivity contribution in [2.24, 2.45) is 5.73 Å². The third-order valence-corrected chi connectivity index (χ3v) is 4.47. The van der Waals surface area contributed by atoms with Gasteiger partial charge in [-0.2, -0.15) is 13.2 Å². The van der Waals surface area contributed by atoms with Gasteiger partial charge in [-0.05, 0) is 43.9 Å². The SMILES string of the molecule is Cc1ccc(C(=O)N(C)C2(CN)CCC2)cc1C(F)(F)F. The molecule has 0 heterocycles. The van der Waals surface area contributed by atoms with Crippen LogP contribution in [0.15, 0.2) is 18.2 Å². The normalized spacial score (nSPS) is 17.2. The number of rotatable bonds is 3. The first-order valence-corrected chi connectivity index (χ1v) is 6.87. The first kappa shape index (κ1) is 15.8. The van der Waals surface area contributed by atoms with E-state index in [0.29, 0.717) is 6.54 Å². The summed E-state index contributed by atoms with van der Waals surface area (Å²) in [5.41, 5.74) is 4.73. The highest BCUT2D eigenvalue weighted by Gasteiger charge is 2.42. The molecule has 1 aliphatic carbocycles. The predicted octanol–water partition coefficient (Wildman–Crippen LogP) is 2.97. The molecule has 0 atom stereocenters. The number of alkyl halides is 3. The lowest BCUT2D eigenvalue weighted by Crippen LogP contribution is -2.58. The van der Waals surface area contributed by atoms with Crippen molar-refractivity contribution in [3.63, 3.8) is 0 Å². The molecule has 0 aliphatic heterocycles. The minimum absolute atomic E-state index is 0.0511. The molecule has 1 saturated carbocycles. The van der Waals surface area contributed by atoms with E-state index in [-0.39, 0.29) is 11.1 Å². The molecule has 0 bridgehead atoms. The van der Waals surface area contributed by atoms with Gasteiger partial charge in [0.2, 0.25) is 0 Å². The van der Waals surface area contributed by atoms with E-state index in [9.17, 15) is 18.0 Å². The molecule has 1 aliphatic rings. The Balaban J connectivity index is 2.32. The fourth-order valence-corrected chi connectivity index (χ4v) is 2.73. The Morgan fingerprint density at radius 1 is 1.38 bits per heavy atom. The number of carbonyl (C=O) groups excluding carboxylic acids is 1. The fraction of sp³-hybridized carbons (Fsp3) is 0.533. The molecule has 6 heteroatoms. The van der Waals surface area contributed by atoms with Crippen LogP contribution in [-0.4, -0.2) is 29.9 Å². The largest absolute Gasteiger partial charge is 0.416 e. The van der Waals surface area contributed by atoms with Gasteiger partial charge in [0.05, 0.1) is 11.1 Å². The monoisotopic (exact) mass is 300 g/mol. The van der Waals surface area contributed by atoms with E-state index in [1.54, 1.807) is 7.05 Å². The fourth-order valence-electron chi connectivity index (χ4n) is 2.73. The average Bonchev–Trinajstić information content (AvgIpc) is 2.36. The second-order valence-electron chi connectivity index (χ2n) is 5.67. The van der Waals surface area contributed by atoms with Crippen molar-refractivity contribution < 1.29 is 18.0 Å². The maximum atomic E-state index is 12.9. The first-order chi connectivity index (χ1) is 9.71. The van der Waals surface area contributed by atoms with Gasteiger partial charge in [0.15, 0.2) is 0 Å². The average molecular weight is 300 g/mol. The molecule has 1 aromatic carbocycles. The summed E-state index contributed by atoms with van der Waals surface area (Å²) in [6.07, 6.45) is -1.88. The van der Waals surface area contributed by atoms with Gasteiger partial charge in [-0.25, -0.2) is 0 Å². The van der Waals surface area contributed by atoms with E-state index in [1.165, 1.54) is 24.0 Å². The van der Waals surface area contributed by atoms with Gasteiger partial charge >= 0.3 is 6.18 Å². The standard InChI is InChI=1S/C15H19F3N2O/c1-10-4-5-11(8-12(10)15(16,17)18)13(21)20(2)14(9-19)6-3-7-14/h4-5,8H,3,6-7,9,19H2,1-2H3. The van der Waals surface area contributed by atoms with Crippen LogP contribution in [0.3, 0.4) is 0 Å². The number of carbonyl (C=O) groups is 1. The number of halogens is 3. The summed E-state index contributed by atoms with van der Waals surface area (Å²) in [7, 11) is 1.61. The topological polar surface area (TPSA) is 46.3 Å². The maximum absolute atomic E-state index is 12.9. The van der Waals surface area contributed by atoms with Crippen LogP contribution in [0.25, 0.3) is 0 Å². The van der Waals surface area contributed by atoms with E-state index < -0.39 is 23.2 Å². The predicted molar refractivity (Wildman–Crippen MR) is 73.9 cm³/mol. The number of benzene rings is 1. The van der Waals surface area contributed by atoms with Gasteiger partial charge in [0.1, 0.15) is 0 Å². The summed E-state index contributed by atoms with van der Waals surface area (Å²) in [5, 5.41) is 0. The van der Waals surface area contributed by atoms with Gasteiger partial charge in [0, 0.05) is 19.2 Å². The smallest absolute Gasteiger partial charge is 0.335 e. The van der Waals surface area contributed by atoms with Crippen molar-refractivity contribution in [3.8, 4) is 0 Å². The zero-order valence-corrected chi connectivity index (χ0v) is 12.1. The molecular weight excluding hydrogens is 281 g/mol. The molecule has 0 spiro atoms. The number of nitrogens with zero attached hydrogens (tertiary/aromatic N) is 1. The molecule has 116 valence electrons. The molecule has 0 unspecified atom stereocenters. The van der Waals surface area contributed by atoms with Gasteiger partial charge in [-0.3, -0.25) is 4.79 Å². The Morgan fingerprint density at radius 2 is 2.00 bits per heavy atom. The highest BCUT2D eigenvalue weighted by Crippen LogP contribution is 2.37. The van der Waals surface area contributed by atoms with E-state index in [4.69, 9.17) is 5.73 Å². The molecule has 2 N–H and O–H groups in total. The third-order valence-electron chi connectivity index (χ3n) is 4.47. The van der Waals surface area contributed by atoms with Crippen molar-refractivity contribution in [2.75, 3.05) is 13.6 Å². The summed E-state index contributed by atoms with van der Waals surface area (Å²) >= 11 is 0. The van der Waals surface area contributed by atoms with E-state index in [1.807, 2.05) is 0 Å². The Bertz CT molecular complexity index is 545. The van der Waals surface area contributed by atoms with Crippen molar-refractivity contribution in [1.82, 2.24) is 4.90 Å². The number of likely N-dealkylation sites (N-methyl/N-ethyl adjacent to an activating group) is 1. The van der Waals surface area contributed by atoms with Gasteiger partial charge in [0.25, 0.3) is 5.91 Å². The molecule has 1 fully saturated rings. The number of amides is 1. The van der Waals surface area contributed by atoms with E-state index >= 15 is 0 Å². The molecular formula is C15H19F3N2O. The van der Waals surface area contributed by atoms with Crippen molar-refractivity contribution in [3.05, 3.63) is 34.9 Å². The Morgan fingerprint density at radius 3 is 2.43 bits per heavy atom. The quantitative estimate of drug-likeness (QED) is 0.933. The second kappa shape index (κ2) is 5.33. The first-order valence-electron chi connectivity index (χ1n) is 6.87. The maximum Gasteiger partial charge on any atom is 0.416 e. The van der Waals surface area contributed by atoms with Crippen LogP contribution in [0.2, 0.25) is 0 Å². The molecule has 0 saturated heterocycles. The summed E-state index contributed by atoms with van der Waals surface area (Å²) in [6.45, 7) is 1.71. The van der Waals surface area contributed by atoms with Crippen LogP contribution >= 0.6 is 0 Å².